The number of hydrogen-bond acceptors (Lipinski definition) is 5. The number of hydrogen-bond donors (Lipinski definition) is 0. The van der Waals surface area contributed by atoms with Gasteiger partial charge in [0.1, 0.15) is 0 Å². The van der Waals surface area contributed by atoms with E-state index in [-0.39, 0.29) is 11.6 Å². The molecular formula is C26H26BrN3O2. The molecule has 2 aromatic carbocycles. The summed E-state index contributed by atoms with van der Waals surface area (Å²) in [7, 11) is 1.48. The number of ether oxygens (including phenoxy) is 1. The van der Waals surface area contributed by atoms with Crippen molar-refractivity contribution < 1.29 is 9.53 Å². The first-order valence-electron chi connectivity index (χ1n) is 10.4. The standard InChI is InChI=1S/C26H26BrN3O2/c1-6-16(3)29-22(7-2)21-13-9-12-20(25(21)27)18-10-8-11-19(17(18)4)23-14-28-24(15-31)26(30-23)32-5/h7-15H,6H2,1-5H3/b22-7-,29-16?. The summed E-state index contributed by atoms with van der Waals surface area (Å²) in [6.45, 7) is 8.20. The zero-order valence-corrected chi connectivity index (χ0v) is 20.5. The lowest BCUT2D eigenvalue weighted by Crippen LogP contribution is -2.00. The van der Waals surface area contributed by atoms with Gasteiger partial charge in [0.2, 0.25) is 5.88 Å². The van der Waals surface area contributed by atoms with E-state index in [4.69, 9.17) is 9.73 Å². The zero-order valence-electron chi connectivity index (χ0n) is 18.9. The second-order valence-corrected chi connectivity index (χ2v) is 8.08. The molecule has 0 aliphatic rings. The molecule has 0 amide bonds. The molecule has 0 atom stereocenters. The highest BCUT2D eigenvalue weighted by molar-refractivity contribution is 9.10. The first-order valence-corrected chi connectivity index (χ1v) is 11.2. The van der Waals surface area contributed by atoms with Gasteiger partial charge in [-0.2, -0.15) is 0 Å². The van der Waals surface area contributed by atoms with Gasteiger partial charge in [-0.25, -0.2) is 9.97 Å². The summed E-state index contributed by atoms with van der Waals surface area (Å²) in [4.78, 5) is 24.7. The van der Waals surface area contributed by atoms with Crippen molar-refractivity contribution in [3.8, 4) is 28.3 Å². The van der Waals surface area contributed by atoms with Gasteiger partial charge in [0, 0.05) is 21.3 Å². The molecule has 0 saturated carbocycles. The molecule has 0 unspecified atom stereocenters. The Kier molecular flexibility index (Phi) is 7.70. The largest absolute Gasteiger partial charge is 0.479 e. The van der Waals surface area contributed by atoms with E-state index in [0.717, 1.165) is 50.1 Å². The van der Waals surface area contributed by atoms with Crippen molar-refractivity contribution in [2.45, 2.75) is 34.1 Å². The number of nitrogens with zero attached hydrogens (tertiary/aromatic N) is 3. The summed E-state index contributed by atoms with van der Waals surface area (Å²) in [5.74, 6) is 0.215. The summed E-state index contributed by atoms with van der Waals surface area (Å²) >= 11 is 3.83. The van der Waals surface area contributed by atoms with Crippen LogP contribution < -0.4 is 4.74 Å². The lowest BCUT2D eigenvalue weighted by atomic mass is 9.93. The molecule has 3 rings (SSSR count). The fraction of sp³-hybridized carbons (Fsp3) is 0.231. The minimum absolute atomic E-state index is 0.183. The molecule has 0 N–H and O–H groups in total. The van der Waals surface area contributed by atoms with Gasteiger partial charge in [0.05, 0.1) is 24.7 Å². The van der Waals surface area contributed by atoms with Gasteiger partial charge in [-0.3, -0.25) is 9.79 Å². The fourth-order valence-electron chi connectivity index (χ4n) is 3.45. The first kappa shape index (κ1) is 23.5. The van der Waals surface area contributed by atoms with Crippen LogP contribution in [-0.4, -0.2) is 29.1 Å². The maximum atomic E-state index is 11.2. The number of aromatic nitrogens is 2. The van der Waals surface area contributed by atoms with E-state index in [1.165, 1.54) is 7.11 Å². The maximum Gasteiger partial charge on any atom is 0.243 e. The van der Waals surface area contributed by atoms with E-state index in [1.54, 1.807) is 6.20 Å². The Labute approximate surface area is 197 Å². The number of methoxy groups -OCH3 is 1. The van der Waals surface area contributed by atoms with Crippen LogP contribution >= 0.6 is 15.9 Å². The number of halogens is 1. The van der Waals surface area contributed by atoms with Gasteiger partial charge in [0.25, 0.3) is 0 Å². The summed E-state index contributed by atoms with van der Waals surface area (Å²) < 4.78 is 6.22. The van der Waals surface area contributed by atoms with E-state index in [1.807, 2.05) is 38.1 Å². The highest BCUT2D eigenvalue weighted by atomic mass is 79.9. The molecule has 0 aliphatic heterocycles. The lowest BCUT2D eigenvalue weighted by molar-refractivity contribution is 0.111. The van der Waals surface area contributed by atoms with Crippen molar-refractivity contribution in [2.75, 3.05) is 7.11 Å². The minimum atomic E-state index is 0.183. The van der Waals surface area contributed by atoms with Crippen LogP contribution in [-0.2, 0) is 0 Å². The smallest absolute Gasteiger partial charge is 0.243 e. The van der Waals surface area contributed by atoms with Crippen LogP contribution in [0.25, 0.3) is 28.1 Å². The van der Waals surface area contributed by atoms with E-state index in [0.29, 0.717) is 12.0 Å². The summed E-state index contributed by atoms with van der Waals surface area (Å²) in [6, 6.07) is 12.3. The Morgan fingerprint density at radius 2 is 1.84 bits per heavy atom. The van der Waals surface area contributed by atoms with Crippen molar-refractivity contribution >= 4 is 33.6 Å². The predicted molar refractivity (Wildman–Crippen MR) is 134 cm³/mol. The van der Waals surface area contributed by atoms with Gasteiger partial charge in [-0.15, -0.1) is 0 Å². The molecular weight excluding hydrogens is 466 g/mol. The molecule has 0 radical (unpaired) electrons. The molecule has 0 bridgehead atoms. The predicted octanol–water partition coefficient (Wildman–Crippen LogP) is 6.93. The normalized spacial score (nSPS) is 12.1. The van der Waals surface area contributed by atoms with Gasteiger partial charge >= 0.3 is 0 Å². The van der Waals surface area contributed by atoms with Crippen molar-refractivity contribution in [1.29, 1.82) is 0 Å². The lowest BCUT2D eigenvalue weighted by Gasteiger charge is -2.16. The number of benzene rings is 2. The Hall–Kier alpha value is -3.12. The topological polar surface area (TPSA) is 64.4 Å². The van der Waals surface area contributed by atoms with Crippen LogP contribution in [0, 0.1) is 6.92 Å². The third-order valence-corrected chi connectivity index (χ3v) is 6.20. The second kappa shape index (κ2) is 10.5. The van der Waals surface area contributed by atoms with Crippen molar-refractivity contribution in [3.63, 3.8) is 0 Å². The Bertz CT molecular complexity index is 1220. The molecule has 32 heavy (non-hydrogen) atoms. The molecule has 164 valence electrons. The van der Waals surface area contributed by atoms with E-state index < -0.39 is 0 Å². The highest BCUT2D eigenvalue weighted by Crippen LogP contribution is 2.38. The van der Waals surface area contributed by atoms with Gasteiger partial charge in [0.15, 0.2) is 12.0 Å². The zero-order chi connectivity index (χ0) is 23.3. The average Bonchev–Trinajstić information content (AvgIpc) is 2.82. The maximum absolute atomic E-state index is 11.2. The Balaban J connectivity index is 2.14. The van der Waals surface area contributed by atoms with Gasteiger partial charge in [-0.05, 0) is 59.8 Å². The number of aldehydes is 1. The van der Waals surface area contributed by atoms with E-state index >= 15 is 0 Å². The molecule has 3 aromatic rings. The van der Waals surface area contributed by atoms with E-state index in [2.05, 4.69) is 57.9 Å². The summed E-state index contributed by atoms with van der Waals surface area (Å²) in [6.07, 6.45) is 5.18. The Morgan fingerprint density at radius 3 is 2.50 bits per heavy atom. The molecule has 1 aromatic heterocycles. The molecule has 0 aliphatic carbocycles. The number of carbonyl (C=O) groups excluding carboxylic acids is 1. The molecule has 5 nitrogen and oxygen atoms in total. The van der Waals surface area contributed by atoms with Crippen molar-refractivity contribution in [3.05, 3.63) is 70.0 Å². The molecule has 1 heterocycles. The number of carbonyl (C=O) groups is 1. The second-order valence-electron chi connectivity index (χ2n) is 7.29. The number of rotatable bonds is 7. The average molecular weight is 492 g/mol. The van der Waals surface area contributed by atoms with Crippen LogP contribution in [0.3, 0.4) is 0 Å². The van der Waals surface area contributed by atoms with Crippen molar-refractivity contribution in [2.24, 2.45) is 4.99 Å². The molecule has 0 saturated heterocycles. The summed E-state index contributed by atoms with van der Waals surface area (Å²) in [5.41, 5.74) is 8.01. The van der Waals surface area contributed by atoms with Crippen LogP contribution in [0.5, 0.6) is 5.88 Å². The quantitative estimate of drug-likeness (QED) is 0.265. The van der Waals surface area contributed by atoms with Crippen LogP contribution in [0.15, 0.2) is 58.1 Å². The third-order valence-electron chi connectivity index (χ3n) is 5.34. The fourth-order valence-corrected chi connectivity index (χ4v) is 4.13. The van der Waals surface area contributed by atoms with E-state index in [9.17, 15) is 4.79 Å². The molecule has 6 heteroatoms. The van der Waals surface area contributed by atoms with Crippen LogP contribution in [0.4, 0.5) is 0 Å². The first-order chi connectivity index (χ1) is 15.4. The monoisotopic (exact) mass is 491 g/mol. The highest BCUT2D eigenvalue weighted by Gasteiger charge is 2.16. The minimum Gasteiger partial charge on any atom is -0.479 e. The number of allylic oxidation sites excluding steroid dienone is 1. The SMILES string of the molecule is C/C=C(\N=C(C)CC)c1cccc(-c2cccc(-c3cnc(C=O)c(OC)n3)c2C)c1Br. The van der Waals surface area contributed by atoms with Crippen LogP contribution in [0.2, 0.25) is 0 Å². The third kappa shape index (κ3) is 4.70. The van der Waals surface area contributed by atoms with Crippen LogP contribution in [0.1, 0.15) is 48.8 Å². The van der Waals surface area contributed by atoms with Gasteiger partial charge in [-0.1, -0.05) is 49.4 Å². The Morgan fingerprint density at radius 1 is 1.16 bits per heavy atom. The summed E-state index contributed by atoms with van der Waals surface area (Å²) in [5, 5.41) is 0. The molecule has 0 fully saturated rings. The molecule has 0 spiro atoms. The van der Waals surface area contributed by atoms with Crippen molar-refractivity contribution in [1.82, 2.24) is 9.97 Å². The number of aliphatic imine (C=N–C) groups is 1. The van der Waals surface area contributed by atoms with Gasteiger partial charge < -0.3 is 4.74 Å².